The van der Waals surface area contributed by atoms with Crippen molar-refractivity contribution in [3.63, 3.8) is 0 Å². The number of sulfonamides is 1. The molecule has 126 valence electrons. The van der Waals surface area contributed by atoms with Crippen LogP contribution < -0.4 is 14.2 Å². The van der Waals surface area contributed by atoms with Crippen molar-refractivity contribution < 1.29 is 22.7 Å². The van der Waals surface area contributed by atoms with Crippen LogP contribution in [-0.4, -0.2) is 27.4 Å². The van der Waals surface area contributed by atoms with E-state index in [0.717, 1.165) is 5.56 Å². The lowest BCUT2D eigenvalue weighted by Gasteiger charge is -2.19. The molecular formula is C17H17NO5S. The van der Waals surface area contributed by atoms with Gasteiger partial charge < -0.3 is 9.47 Å². The maximum absolute atomic E-state index is 12.4. The van der Waals surface area contributed by atoms with E-state index in [9.17, 15) is 13.2 Å². The number of hydrogen-bond acceptors (Lipinski definition) is 5. The van der Waals surface area contributed by atoms with Crippen LogP contribution in [-0.2, 0) is 16.6 Å². The Kier molecular flexibility index (Phi) is 4.55. The van der Waals surface area contributed by atoms with Gasteiger partial charge in [0, 0.05) is 18.2 Å². The highest BCUT2D eigenvalue weighted by molar-refractivity contribution is 7.89. The average Bonchev–Trinajstić information content (AvgIpc) is 2.60. The van der Waals surface area contributed by atoms with Crippen LogP contribution in [0.3, 0.4) is 0 Å². The van der Waals surface area contributed by atoms with Crippen molar-refractivity contribution in [2.75, 3.05) is 13.2 Å². The van der Waals surface area contributed by atoms with Crippen molar-refractivity contribution >= 4 is 15.8 Å². The smallest absolute Gasteiger partial charge is 0.241 e. The van der Waals surface area contributed by atoms with E-state index in [2.05, 4.69) is 4.72 Å². The Bertz CT molecular complexity index is 859. The standard InChI is InChI=1S/C17H17NO5S/c1-12(19)14-4-2-13(3-5-14)11-18-24(20,21)15-6-7-16-17(10-15)23-9-8-22-16/h2-7,10,18H,8-9,11H2,1H3. The van der Waals surface area contributed by atoms with Gasteiger partial charge in [-0.15, -0.1) is 0 Å². The highest BCUT2D eigenvalue weighted by Gasteiger charge is 2.19. The first kappa shape index (κ1) is 16.5. The summed E-state index contributed by atoms with van der Waals surface area (Å²) < 4.78 is 38.1. The van der Waals surface area contributed by atoms with Crippen molar-refractivity contribution in [1.82, 2.24) is 4.72 Å². The molecule has 0 aliphatic carbocycles. The van der Waals surface area contributed by atoms with Crippen LogP contribution in [0.25, 0.3) is 0 Å². The van der Waals surface area contributed by atoms with Gasteiger partial charge in [0.25, 0.3) is 0 Å². The zero-order valence-electron chi connectivity index (χ0n) is 13.1. The molecule has 2 aromatic rings. The molecule has 0 radical (unpaired) electrons. The largest absolute Gasteiger partial charge is 0.486 e. The van der Waals surface area contributed by atoms with E-state index in [-0.39, 0.29) is 17.2 Å². The van der Waals surface area contributed by atoms with Crippen molar-refractivity contribution in [3.8, 4) is 11.5 Å². The van der Waals surface area contributed by atoms with Gasteiger partial charge in [-0.3, -0.25) is 4.79 Å². The molecule has 1 aliphatic rings. The fourth-order valence-electron chi connectivity index (χ4n) is 2.31. The number of carbonyl (C=O) groups is 1. The summed E-state index contributed by atoms with van der Waals surface area (Å²) in [4.78, 5) is 11.4. The molecule has 0 bridgehead atoms. The molecule has 7 heteroatoms. The second kappa shape index (κ2) is 6.62. The van der Waals surface area contributed by atoms with Crippen LogP contribution in [0, 0.1) is 0 Å². The summed E-state index contributed by atoms with van der Waals surface area (Å²) >= 11 is 0. The molecule has 1 aliphatic heterocycles. The van der Waals surface area contributed by atoms with E-state index in [1.165, 1.54) is 19.1 Å². The average molecular weight is 347 g/mol. The Morgan fingerprint density at radius 2 is 1.71 bits per heavy atom. The van der Waals surface area contributed by atoms with Gasteiger partial charge in [0.1, 0.15) is 13.2 Å². The van der Waals surface area contributed by atoms with Crippen LogP contribution in [0.1, 0.15) is 22.8 Å². The van der Waals surface area contributed by atoms with Crippen LogP contribution >= 0.6 is 0 Å². The van der Waals surface area contributed by atoms with Crippen LogP contribution in [0.5, 0.6) is 11.5 Å². The van der Waals surface area contributed by atoms with Gasteiger partial charge in [0.15, 0.2) is 17.3 Å². The molecule has 2 aromatic carbocycles. The molecule has 0 fully saturated rings. The number of benzene rings is 2. The second-order valence-electron chi connectivity index (χ2n) is 5.38. The topological polar surface area (TPSA) is 81.7 Å². The highest BCUT2D eigenvalue weighted by atomic mass is 32.2. The predicted octanol–water partition coefficient (Wildman–Crippen LogP) is 2.14. The number of carbonyl (C=O) groups excluding carboxylic acids is 1. The normalized spacial score (nSPS) is 13.5. The number of ketones is 1. The maximum atomic E-state index is 12.4. The van der Waals surface area contributed by atoms with E-state index < -0.39 is 10.0 Å². The van der Waals surface area contributed by atoms with Crippen LogP contribution in [0.2, 0.25) is 0 Å². The van der Waals surface area contributed by atoms with E-state index in [4.69, 9.17) is 9.47 Å². The highest BCUT2D eigenvalue weighted by Crippen LogP contribution is 2.32. The lowest BCUT2D eigenvalue weighted by Crippen LogP contribution is -2.24. The summed E-state index contributed by atoms with van der Waals surface area (Å²) in [6.45, 7) is 2.47. The molecule has 6 nitrogen and oxygen atoms in total. The maximum Gasteiger partial charge on any atom is 0.241 e. The molecule has 1 heterocycles. The summed E-state index contributed by atoms with van der Waals surface area (Å²) in [5, 5.41) is 0. The third kappa shape index (κ3) is 3.58. The molecule has 0 amide bonds. The Labute approximate surface area is 140 Å². The minimum absolute atomic E-state index is 0.0293. The van der Waals surface area contributed by atoms with Crippen molar-refractivity contribution in [3.05, 3.63) is 53.6 Å². The minimum Gasteiger partial charge on any atom is -0.486 e. The molecule has 24 heavy (non-hydrogen) atoms. The van der Waals surface area contributed by atoms with Gasteiger partial charge in [-0.05, 0) is 24.6 Å². The number of hydrogen-bond donors (Lipinski definition) is 1. The summed E-state index contributed by atoms with van der Waals surface area (Å²) in [5.74, 6) is 0.938. The molecule has 0 saturated heterocycles. The number of rotatable bonds is 5. The Balaban J connectivity index is 1.73. The van der Waals surface area contributed by atoms with E-state index in [0.29, 0.717) is 30.3 Å². The molecule has 1 N–H and O–H groups in total. The van der Waals surface area contributed by atoms with Gasteiger partial charge in [-0.2, -0.15) is 0 Å². The first-order chi connectivity index (χ1) is 11.5. The zero-order chi connectivity index (χ0) is 17.2. The van der Waals surface area contributed by atoms with Gasteiger partial charge in [0.05, 0.1) is 4.90 Å². The molecule has 0 saturated carbocycles. The van der Waals surface area contributed by atoms with Crippen molar-refractivity contribution in [1.29, 1.82) is 0 Å². The van der Waals surface area contributed by atoms with Crippen LogP contribution in [0.4, 0.5) is 0 Å². The SMILES string of the molecule is CC(=O)c1ccc(CNS(=O)(=O)c2ccc3c(c2)OCCO3)cc1. The zero-order valence-corrected chi connectivity index (χ0v) is 13.9. The van der Waals surface area contributed by atoms with Crippen molar-refractivity contribution in [2.45, 2.75) is 18.4 Å². The summed E-state index contributed by atoms with van der Waals surface area (Å²) in [6.07, 6.45) is 0. The summed E-state index contributed by atoms with van der Waals surface area (Å²) in [5.41, 5.74) is 1.36. The molecule has 0 atom stereocenters. The predicted molar refractivity (Wildman–Crippen MR) is 87.9 cm³/mol. The number of ether oxygens (including phenoxy) is 2. The fourth-order valence-corrected chi connectivity index (χ4v) is 3.34. The first-order valence-electron chi connectivity index (χ1n) is 7.45. The van der Waals surface area contributed by atoms with E-state index >= 15 is 0 Å². The lowest BCUT2D eigenvalue weighted by molar-refractivity contribution is 0.101. The summed E-state index contributed by atoms with van der Waals surface area (Å²) in [6, 6.07) is 11.3. The van der Waals surface area contributed by atoms with Gasteiger partial charge in [-0.25, -0.2) is 13.1 Å². The monoisotopic (exact) mass is 347 g/mol. The minimum atomic E-state index is -3.67. The third-order valence-corrected chi connectivity index (χ3v) is 5.05. The first-order valence-corrected chi connectivity index (χ1v) is 8.93. The van der Waals surface area contributed by atoms with Crippen LogP contribution in [0.15, 0.2) is 47.4 Å². The fraction of sp³-hybridized carbons (Fsp3) is 0.235. The molecule has 3 rings (SSSR count). The van der Waals surface area contributed by atoms with Gasteiger partial charge >= 0.3 is 0 Å². The second-order valence-corrected chi connectivity index (χ2v) is 7.15. The quantitative estimate of drug-likeness (QED) is 0.838. The van der Waals surface area contributed by atoms with Crippen molar-refractivity contribution in [2.24, 2.45) is 0 Å². The Morgan fingerprint density at radius 3 is 2.38 bits per heavy atom. The summed E-state index contributed by atoms with van der Waals surface area (Å²) in [7, 11) is -3.67. The van der Waals surface area contributed by atoms with E-state index in [1.807, 2.05) is 0 Å². The number of nitrogens with one attached hydrogen (secondary N) is 1. The van der Waals surface area contributed by atoms with Gasteiger partial charge in [0.2, 0.25) is 10.0 Å². The lowest BCUT2D eigenvalue weighted by atomic mass is 10.1. The molecule has 0 unspecified atom stereocenters. The van der Waals surface area contributed by atoms with Gasteiger partial charge in [-0.1, -0.05) is 24.3 Å². The number of Topliss-reactive ketones (excluding diaryl/α,β-unsaturated/α-hetero) is 1. The molecular weight excluding hydrogens is 330 g/mol. The third-order valence-electron chi connectivity index (χ3n) is 3.65. The number of fused-ring (bicyclic) bond motifs is 1. The Morgan fingerprint density at radius 1 is 1.04 bits per heavy atom. The molecule has 0 spiro atoms. The Hall–Kier alpha value is -2.38. The molecule has 0 aromatic heterocycles. The van der Waals surface area contributed by atoms with E-state index in [1.54, 1.807) is 30.3 Å².